The lowest BCUT2D eigenvalue weighted by atomic mass is 10.1. The smallest absolute Gasteiger partial charge is 0.251 e. The molecule has 25 heavy (non-hydrogen) atoms. The van der Waals surface area contributed by atoms with Crippen LogP contribution in [0, 0.1) is 0 Å². The van der Waals surface area contributed by atoms with E-state index < -0.39 is 0 Å². The first-order valence-electron chi connectivity index (χ1n) is 8.95. The van der Waals surface area contributed by atoms with Crippen LogP contribution in [0.25, 0.3) is 0 Å². The van der Waals surface area contributed by atoms with Crippen molar-refractivity contribution in [3.05, 3.63) is 59.7 Å². The largest absolute Gasteiger partial charge is 0.494 e. The van der Waals surface area contributed by atoms with Gasteiger partial charge in [-0.05, 0) is 54.8 Å². The molecule has 0 saturated carbocycles. The number of carbonyl (C=O) groups excluding carboxylic acids is 1. The highest BCUT2D eigenvalue weighted by Gasteiger charge is 2.05. The van der Waals surface area contributed by atoms with Crippen LogP contribution in [0.4, 0.5) is 0 Å². The van der Waals surface area contributed by atoms with E-state index in [0.717, 1.165) is 30.8 Å². The molecule has 0 unspecified atom stereocenters. The number of carbonyl (C=O) groups is 1. The molecule has 0 aromatic heterocycles. The molecule has 2 aromatic carbocycles. The predicted molar refractivity (Wildman–Crippen MR) is 100 cm³/mol. The topological polar surface area (TPSA) is 47.6 Å². The van der Waals surface area contributed by atoms with Gasteiger partial charge in [-0.15, -0.1) is 0 Å². The Bertz CT molecular complexity index is 635. The van der Waals surface area contributed by atoms with Crippen molar-refractivity contribution in [1.29, 1.82) is 0 Å². The maximum Gasteiger partial charge on any atom is 0.251 e. The number of aryl methyl sites for hydroxylation is 1. The average Bonchev–Trinajstić information content (AvgIpc) is 2.65. The zero-order chi connectivity index (χ0) is 17.9. The maximum atomic E-state index is 12.1. The van der Waals surface area contributed by atoms with Crippen LogP contribution >= 0.6 is 0 Å². The molecule has 0 saturated heterocycles. The molecule has 0 aliphatic heterocycles. The van der Waals surface area contributed by atoms with Gasteiger partial charge in [-0.2, -0.15) is 0 Å². The first kappa shape index (κ1) is 18.8. The molecule has 0 atom stereocenters. The van der Waals surface area contributed by atoms with E-state index in [9.17, 15) is 4.79 Å². The molecular formula is C21H27NO3. The van der Waals surface area contributed by atoms with Gasteiger partial charge in [0.15, 0.2) is 0 Å². The Morgan fingerprint density at radius 2 is 1.44 bits per heavy atom. The predicted octanol–water partition coefficient (Wildman–Crippen LogP) is 4.24. The lowest BCUT2D eigenvalue weighted by Crippen LogP contribution is -2.28. The molecule has 0 fully saturated rings. The normalized spacial score (nSPS) is 10.3. The molecule has 0 spiro atoms. The molecule has 134 valence electrons. The van der Waals surface area contributed by atoms with E-state index in [1.807, 2.05) is 24.3 Å². The molecule has 0 aliphatic carbocycles. The third kappa shape index (κ3) is 6.49. The summed E-state index contributed by atoms with van der Waals surface area (Å²) in [7, 11) is 0. The van der Waals surface area contributed by atoms with E-state index in [-0.39, 0.29) is 5.91 Å². The van der Waals surface area contributed by atoms with Gasteiger partial charge in [-0.25, -0.2) is 0 Å². The molecule has 0 heterocycles. The quantitative estimate of drug-likeness (QED) is 0.658. The Hall–Kier alpha value is -2.49. The SMILES string of the molecule is CCCOc1ccc(C(=O)NCCOc2ccc(CCC)cc2)cc1. The Labute approximate surface area is 150 Å². The number of ether oxygens (including phenoxy) is 2. The maximum absolute atomic E-state index is 12.1. The number of amides is 1. The van der Waals surface area contributed by atoms with Crippen molar-refractivity contribution < 1.29 is 14.3 Å². The number of hydrogen-bond acceptors (Lipinski definition) is 3. The van der Waals surface area contributed by atoms with E-state index in [1.165, 1.54) is 5.56 Å². The van der Waals surface area contributed by atoms with Crippen LogP contribution in [-0.4, -0.2) is 25.7 Å². The summed E-state index contributed by atoms with van der Waals surface area (Å²) in [5.74, 6) is 1.50. The standard InChI is InChI=1S/C21H27NO3/c1-3-5-17-6-10-19(11-7-17)25-16-14-22-21(23)18-8-12-20(13-9-18)24-15-4-2/h6-13H,3-5,14-16H2,1-2H3,(H,22,23). The highest BCUT2D eigenvalue weighted by Crippen LogP contribution is 2.14. The second kappa shape index (κ2) is 10.4. The van der Waals surface area contributed by atoms with Gasteiger partial charge >= 0.3 is 0 Å². The van der Waals surface area contributed by atoms with Crippen molar-refractivity contribution in [3.8, 4) is 11.5 Å². The van der Waals surface area contributed by atoms with E-state index in [4.69, 9.17) is 9.47 Å². The zero-order valence-electron chi connectivity index (χ0n) is 15.1. The van der Waals surface area contributed by atoms with E-state index in [0.29, 0.717) is 25.3 Å². The molecule has 1 amide bonds. The summed E-state index contributed by atoms with van der Waals surface area (Å²) in [6, 6.07) is 15.3. The minimum atomic E-state index is -0.107. The van der Waals surface area contributed by atoms with Gasteiger partial charge in [0, 0.05) is 5.56 Å². The van der Waals surface area contributed by atoms with Crippen LogP contribution in [0.3, 0.4) is 0 Å². The molecule has 4 heteroatoms. The first-order chi connectivity index (χ1) is 12.2. The summed E-state index contributed by atoms with van der Waals surface area (Å²) < 4.78 is 11.2. The van der Waals surface area contributed by atoms with Crippen LogP contribution in [-0.2, 0) is 6.42 Å². The van der Waals surface area contributed by atoms with E-state index in [2.05, 4.69) is 31.3 Å². The molecule has 2 rings (SSSR count). The van der Waals surface area contributed by atoms with Gasteiger partial charge in [0.25, 0.3) is 5.91 Å². The van der Waals surface area contributed by atoms with Crippen molar-refractivity contribution in [3.63, 3.8) is 0 Å². The van der Waals surface area contributed by atoms with Crippen molar-refractivity contribution in [2.75, 3.05) is 19.8 Å². The fourth-order valence-corrected chi connectivity index (χ4v) is 2.40. The van der Waals surface area contributed by atoms with Crippen LogP contribution < -0.4 is 14.8 Å². The van der Waals surface area contributed by atoms with Gasteiger partial charge in [-0.1, -0.05) is 32.4 Å². The second-order valence-electron chi connectivity index (χ2n) is 5.87. The minimum absolute atomic E-state index is 0.107. The first-order valence-corrected chi connectivity index (χ1v) is 8.95. The molecule has 2 aromatic rings. The van der Waals surface area contributed by atoms with Gasteiger partial charge < -0.3 is 14.8 Å². The fraction of sp³-hybridized carbons (Fsp3) is 0.381. The number of nitrogens with one attached hydrogen (secondary N) is 1. The highest BCUT2D eigenvalue weighted by atomic mass is 16.5. The molecule has 0 bridgehead atoms. The third-order valence-electron chi connectivity index (χ3n) is 3.71. The second-order valence-corrected chi connectivity index (χ2v) is 5.87. The minimum Gasteiger partial charge on any atom is -0.494 e. The number of hydrogen-bond donors (Lipinski definition) is 1. The van der Waals surface area contributed by atoms with Gasteiger partial charge in [0.05, 0.1) is 13.2 Å². The van der Waals surface area contributed by atoms with Crippen molar-refractivity contribution >= 4 is 5.91 Å². The van der Waals surface area contributed by atoms with Crippen LogP contribution in [0.1, 0.15) is 42.6 Å². The summed E-state index contributed by atoms with van der Waals surface area (Å²) >= 11 is 0. The Morgan fingerprint density at radius 3 is 2.04 bits per heavy atom. The lowest BCUT2D eigenvalue weighted by Gasteiger charge is -2.09. The summed E-state index contributed by atoms with van der Waals surface area (Å²) in [5, 5.41) is 2.86. The lowest BCUT2D eigenvalue weighted by molar-refractivity contribution is 0.0947. The Kier molecular flexibility index (Phi) is 7.83. The van der Waals surface area contributed by atoms with Gasteiger partial charge in [-0.3, -0.25) is 4.79 Å². The van der Waals surface area contributed by atoms with Gasteiger partial charge in [0.2, 0.25) is 0 Å². The van der Waals surface area contributed by atoms with Crippen molar-refractivity contribution in [1.82, 2.24) is 5.32 Å². The Balaban J connectivity index is 1.71. The highest BCUT2D eigenvalue weighted by molar-refractivity contribution is 5.94. The number of rotatable bonds is 10. The van der Waals surface area contributed by atoms with E-state index in [1.54, 1.807) is 12.1 Å². The molecular weight excluding hydrogens is 314 g/mol. The molecule has 1 N–H and O–H groups in total. The summed E-state index contributed by atoms with van der Waals surface area (Å²) in [5.41, 5.74) is 1.93. The summed E-state index contributed by atoms with van der Waals surface area (Å²) in [4.78, 5) is 12.1. The molecule has 0 radical (unpaired) electrons. The van der Waals surface area contributed by atoms with Crippen LogP contribution in [0.2, 0.25) is 0 Å². The third-order valence-corrected chi connectivity index (χ3v) is 3.71. The van der Waals surface area contributed by atoms with Gasteiger partial charge in [0.1, 0.15) is 18.1 Å². The Morgan fingerprint density at radius 1 is 0.840 bits per heavy atom. The van der Waals surface area contributed by atoms with Crippen LogP contribution in [0.5, 0.6) is 11.5 Å². The molecule has 4 nitrogen and oxygen atoms in total. The summed E-state index contributed by atoms with van der Waals surface area (Å²) in [6.45, 7) is 5.81. The molecule has 0 aliphatic rings. The zero-order valence-corrected chi connectivity index (χ0v) is 15.1. The van der Waals surface area contributed by atoms with E-state index >= 15 is 0 Å². The van der Waals surface area contributed by atoms with Crippen molar-refractivity contribution in [2.45, 2.75) is 33.1 Å². The van der Waals surface area contributed by atoms with Crippen LogP contribution in [0.15, 0.2) is 48.5 Å². The monoisotopic (exact) mass is 341 g/mol. The number of benzene rings is 2. The fourth-order valence-electron chi connectivity index (χ4n) is 2.40. The van der Waals surface area contributed by atoms with Crippen molar-refractivity contribution in [2.24, 2.45) is 0 Å². The average molecular weight is 341 g/mol. The summed E-state index contributed by atoms with van der Waals surface area (Å²) in [6.07, 6.45) is 3.18.